The van der Waals surface area contributed by atoms with E-state index in [0.29, 0.717) is 11.0 Å². The van der Waals surface area contributed by atoms with Crippen LogP contribution in [-0.2, 0) is 4.79 Å². The van der Waals surface area contributed by atoms with Crippen LogP contribution in [0.1, 0.15) is 23.0 Å². The van der Waals surface area contributed by atoms with Crippen molar-refractivity contribution < 1.29 is 9.21 Å². The van der Waals surface area contributed by atoms with Gasteiger partial charge < -0.3 is 9.32 Å². The topological polar surface area (TPSA) is 33.5 Å². The van der Waals surface area contributed by atoms with Crippen molar-refractivity contribution in [2.45, 2.75) is 11.7 Å². The first-order valence-corrected chi connectivity index (χ1v) is 8.55. The molecule has 0 radical (unpaired) electrons. The number of carbonyl (C=O) groups is 1. The maximum Gasteiger partial charge on any atom is 0.246 e. The molecule has 0 aliphatic carbocycles. The molecule has 1 aromatic heterocycles. The van der Waals surface area contributed by atoms with E-state index in [4.69, 9.17) is 4.42 Å². The van der Waals surface area contributed by atoms with E-state index < -0.39 is 0 Å². The Morgan fingerprint density at radius 1 is 1.18 bits per heavy atom. The first-order valence-electron chi connectivity index (χ1n) is 7.50. The van der Waals surface area contributed by atoms with Crippen LogP contribution >= 0.6 is 11.8 Å². The van der Waals surface area contributed by atoms with E-state index in [-0.39, 0.29) is 5.91 Å². The summed E-state index contributed by atoms with van der Waals surface area (Å²) in [5, 5.41) is 0.480. The van der Waals surface area contributed by atoms with Gasteiger partial charge in [0.25, 0.3) is 0 Å². The van der Waals surface area contributed by atoms with Crippen molar-refractivity contribution in [3.05, 3.63) is 66.1 Å². The molecule has 1 amide bonds. The molecule has 1 fully saturated rings. The van der Waals surface area contributed by atoms with Gasteiger partial charge in [-0.3, -0.25) is 4.79 Å². The fraction of sp³-hybridized carbons (Fsp3) is 0.278. The molecular weight excluding hydrogens is 294 g/mol. The first-order chi connectivity index (χ1) is 10.8. The van der Waals surface area contributed by atoms with E-state index in [9.17, 15) is 4.79 Å². The highest BCUT2D eigenvalue weighted by Gasteiger charge is 2.20. The lowest BCUT2D eigenvalue weighted by atomic mass is 10.1. The van der Waals surface area contributed by atoms with Gasteiger partial charge in [-0.2, -0.15) is 11.8 Å². The minimum atomic E-state index is 0.0608. The Labute approximate surface area is 135 Å². The van der Waals surface area contributed by atoms with Crippen molar-refractivity contribution in [1.29, 1.82) is 0 Å². The third-order valence-electron chi connectivity index (χ3n) is 3.76. The predicted octanol–water partition coefficient (Wildman–Crippen LogP) is 4.00. The summed E-state index contributed by atoms with van der Waals surface area (Å²) >= 11 is 1.94. The predicted molar refractivity (Wildman–Crippen MR) is 90.6 cm³/mol. The standard InChI is InChI=1S/C18H19NO2S/c20-18(9-8-16-7-4-13-21-16)19-11-10-17(22-14-12-19)15-5-2-1-3-6-15/h1-9,13,17H,10-12,14H2/b9-8+/t17-/m0/s1. The molecule has 0 N–H and O–H groups in total. The van der Waals surface area contributed by atoms with E-state index in [2.05, 4.69) is 24.3 Å². The summed E-state index contributed by atoms with van der Waals surface area (Å²) in [6.07, 6.45) is 5.94. The van der Waals surface area contributed by atoms with Crippen molar-refractivity contribution in [1.82, 2.24) is 4.90 Å². The Morgan fingerprint density at radius 3 is 2.82 bits per heavy atom. The summed E-state index contributed by atoms with van der Waals surface area (Å²) in [6.45, 7) is 1.60. The normalized spacial score (nSPS) is 19.3. The molecule has 1 aromatic carbocycles. The summed E-state index contributed by atoms with van der Waals surface area (Å²) in [5.41, 5.74) is 1.35. The van der Waals surface area contributed by atoms with Gasteiger partial charge in [0.1, 0.15) is 5.76 Å². The second-order valence-electron chi connectivity index (χ2n) is 5.23. The third kappa shape index (κ3) is 3.83. The molecule has 3 rings (SSSR count). The Balaban J connectivity index is 1.59. The van der Waals surface area contributed by atoms with Crippen LogP contribution in [0.3, 0.4) is 0 Å². The lowest BCUT2D eigenvalue weighted by Crippen LogP contribution is -2.31. The average molecular weight is 313 g/mol. The quantitative estimate of drug-likeness (QED) is 0.803. The fourth-order valence-corrected chi connectivity index (χ4v) is 3.80. The molecule has 2 aromatic rings. The molecule has 114 valence electrons. The van der Waals surface area contributed by atoms with Crippen molar-refractivity contribution in [3.8, 4) is 0 Å². The first kappa shape index (κ1) is 15.0. The Hall–Kier alpha value is -1.94. The molecular formula is C18H19NO2S. The molecule has 0 unspecified atom stereocenters. The largest absolute Gasteiger partial charge is 0.465 e. The minimum Gasteiger partial charge on any atom is -0.465 e. The van der Waals surface area contributed by atoms with Crippen molar-refractivity contribution in [2.75, 3.05) is 18.8 Å². The third-order valence-corrected chi connectivity index (χ3v) is 5.09. The molecule has 22 heavy (non-hydrogen) atoms. The number of hydrogen-bond acceptors (Lipinski definition) is 3. The molecule has 0 saturated carbocycles. The van der Waals surface area contributed by atoms with E-state index >= 15 is 0 Å². The monoisotopic (exact) mass is 313 g/mol. The van der Waals surface area contributed by atoms with E-state index in [0.717, 1.165) is 25.3 Å². The minimum absolute atomic E-state index is 0.0608. The van der Waals surface area contributed by atoms with Crippen LogP contribution in [0, 0.1) is 0 Å². The van der Waals surface area contributed by atoms with Gasteiger partial charge in [0.2, 0.25) is 5.91 Å². The van der Waals surface area contributed by atoms with Crippen LogP contribution in [-0.4, -0.2) is 29.6 Å². The van der Waals surface area contributed by atoms with Gasteiger partial charge in [-0.15, -0.1) is 0 Å². The van der Waals surface area contributed by atoms with Crippen LogP contribution < -0.4 is 0 Å². The second-order valence-corrected chi connectivity index (χ2v) is 6.54. The average Bonchev–Trinajstić information content (AvgIpc) is 2.96. The van der Waals surface area contributed by atoms with E-state index in [1.807, 2.05) is 34.9 Å². The lowest BCUT2D eigenvalue weighted by Gasteiger charge is -2.18. The summed E-state index contributed by atoms with van der Waals surface area (Å²) in [7, 11) is 0. The number of amides is 1. The smallest absolute Gasteiger partial charge is 0.246 e. The fourth-order valence-electron chi connectivity index (χ4n) is 2.57. The molecule has 2 heterocycles. The van der Waals surface area contributed by atoms with Gasteiger partial charge in [0, 0.05) is 30.2 Å². The summed E-state index contributed by atoms with van der Waals surface area (Å²) in [4.78, 5) is 14.2. The molecule has 1 atom stereocenters. The van der Waals surface area contributed by atoms with Gasteiger partial charge in [0.15, 0.2) is 0 Å². The second kappa shape index (κ2) is 7.36. The maximum absolute atomic E-state index is 12.3. The van der Waals surface area contributed by atoms with Crippen LogP contribution in [0.5, 0.6) is 0 Å². The van der Waals surface area contributed by atoms with Crippen molar-refractivity contribution >= 4 is 23.7 Å². The van der Waals surface area contributed by atoms with Gasteiger partial charge in [-0.25, -0.2) is 0 Å². The molecule has 3 nitrogen and oxygen atoms in total. The number of benzene rings is 1. The molecule has 1 saturated heterocycles. The van der Waals surface area contributed by atoms with Gasteiger partial charge in [-0.1, -0.05) is 30.3 Å². The molecule has 1 aliphatic heterocycles. The number of thioether (sulfide) groups is 1. The number of furan rings is 1. The summed E-state index contributed by atoms with van der Waals surface area (Å²) in [6, 6.07) is 14.2. The summed E-state index contributed by atoms with van der Waals surface area (Å²) in [5.74, 6) is 1.74. The number of hydrogen-bond donors (Lipinski definition) is 0. The van der Waals surface area contributed by atoms with Crippen LogP contribution in [0.4, 0.5) is 0 Å². The number of carbonyl (C=O) groups excluding carboxylic acids is 1. The molecule has 0 spiro atoms. The zero-order chi connectivity index (χ0) is 15.2. The van der Waals surface area contributed by atoms with Crippen LogP contribution in [0.15, 0.2) is 59.2 Å². The Morgan fingerprint density at radius 2 is 2.05 bits per heavy atom. The highest BCUT2D eigenvalue weighted by Crippen LogP contribution is 2.34. The Kier molecular flexibility index (Phi) is 5.01. The molecule has 1 aliphatic rings. The number of nitrogens with zero attached hydrogens (tertiary/aromatic N) is 1. The van der Waals surface area contributed by atoms with Gasteiger partial charge in [0.05, 0.1) is 6.26 Å². The SMILES string of the molecule is O=C(/C=C/c1ccco1)N1CCS[C@H](c2ccccc2)CC1. The number of rotatable bonds is 3. The van der Waals surface area contributed by atoms with Crippen LogP contribution in [0.25, 0.3) is 6.08 Å². The lowest BCUT2D eigenvalue weighted by molar-refractivity contribution is -0.125. The van der Waals surface area contributed by atoms with Crippen LogP contribution in [0.2, 0.25) is 0 Å². The highest BCUT2D eigenvalue weighted by atomic mass is 32.2. The van der Waals surface area contributed by atoms with E-state index in [1.165, 1.54) is 5.56 Å². The Bertz CT molecular complexity index is 622. The van der Waals surface area contributed by atoms with Crippen molar-refractivity contribution in [2.24, 2.45) is 0 Å². The van der Waals surface area contributed by atoms with Gasteiger partial charge in [-0.05, 0) is 30.2 Å². The van der Waals surface area contributed by atoms with E-state index in [1.54, 1.807) is 18.4 Å². The van der Waals surface area contributed by atoms with Crippen molar-refractivity contribution in [3.63, 3.8) is 0 Å². The molecule has 0 bridgehead atoms. The zero-order valence-corrected chi connectivity index (χ0v) is 13.2. The summed E-state index contributed by atoms with van der Waals surface area (Å²) < 4.78 is 5.21. The highest BCUT2D eigenvalue weighted by molar-refractivity contribution is 7.99. The maximum atomic E-state index is 12.3. The zero-order valence-electron chi connectivity index (χ0n) is 12.4. The molecule has 4 heteroatoms. The van der Waals surface area contributed by atoms with Gasteiger partial charge >= 0.3 is 0 Å².